The van der Waals surface area contributed by atoms with Gasteiger partial charge in [-0.15, -0.1) is 0 Å². The zero-order valence-electron chi connectivity index (χ0n) is 16.4. The first-order chi connectivity index (χ1) is 13.7. The van der Waals surface area contributed by atoms with Crippen molar-refractivity contribution in [2.45, 2.75) is 26.7 Å². The largest absolute Gasteiger partial charge is 0.494 e. The van der Waals surface area contributed by atoms with E-state index in [0.717, 1.165) is 35.5 Å². The van der Waals surface area contributed by atoms with E-state index in [0.29, 0.717) is 36.9 Å². The maximum absolute atomic E-state index is 11.6. The molecule has 0 radical (unpaired) electrons. The van der Waals surface area contributed by atoms with Crippen molar-refractivity contribution in [1.29, 1.82) is 0 Å². The van der Waals surface area contributed by atoms with Gasteiger partial charge in [-0.3, -0.25) is 9.59 Å². The standard InChI is InChI=1S/C24H26O4/c1-3-13-27-23-9-5-19(6-10-23)15-21(17-25)22(18-26)16-20-7-11-24(12-8-20)28-14-4-2/h5-12,15-18H,3-4,13-14H2,1-2H3/b21-15-,22-16-. The smallest absolute Gasteiger partial charge is 0.150 e. The molecule has 28 heavy (non-hydrogen) atoms. The van der Waals surface area contributed by atoms with Crippen molar-refractivity contribution in [2.75, 3.05) is 13.2 Å². The van der Waals surface area contributed by atoms with E-state index in [1.165, 1.54) is 0 Å². The molecule has 0 fully saturated rings. The van der Waals surface area contributed by atoms with Crippen LogP contribution in [0.2, 0.25) is 0 Å². The van der Waals surface area contributed by atoms with Crippen molar-refractivity contribution >= 4 is 24.7 Å². The molecule has 0 aliphatic heterocycles. The first-order valence-corrected chi connectivity index (χ1v) is 9.50. The summed E-state index contributed by atoms with van der Waals surface area (Å²) in [4.78, 5) is 23.1. The van der Waals surface area contributed by atoms with Crippen LogP contribution < -0.4 is 9.47 Å². The van der Waals surface area contributed by atoms with Crippen LogP contribution in [0.25, 0.3) is 12.2 Å². The van der Waals surface area contributed by atoms with Gasteiger partial charge in [-0.25, -0.2) is 0 Å². The molecule has 0 heterocycles. The van der Waals surface area contributed by atoms with Crippen LogP contribution in [0.15, 0.2) is 59.7 Å². The van der Waals surface area contributed by atoms with Gasteiger partial charge in [0.15, 0.2) is 12.6 Å². The molecular formula is C24H26O4. The Balaban J connectivity index is 2.19. The van der Waals surface area contributed by atoms with Crippen LogP contribution in [0.5, 0.6) is 11.5 Å². The van der Waals surface area contributed by atoms with E-state index in [-0.39, 0.29) is 0 Å². The average Bonchev–Trinajstić information content (AvgIpc) is 2.74. The number of ether oxygens (including phenoxy) is 2. The van der Waals surface area contributed by atoms with Crippen LogP contribution in [0.4, 0.5) is 0 Å². The van der Waals surface area contributed by atoms with E-state index in [9.17, 15) is 9.59 Å². The first-order valence-electron chi connectivity index (χ1n) is 9.50. The summed E-state index contributed by atoms with van der Waals surface area (Å²) in [5, 5.41) is 0. The van der Waals surface area contributed by atoms with Crippen molar-refractivity contribution in [3.63, 3.8) is 0 Å². The molecule has 0 saturated carbocycles. The zero-order valence-corrected chi connectivity index (χ0v) is 16.4. The van der Waals surface area contributed by atoms with E-state index < -0.39 is 0 Å². The monoisotopic (exact) mass is 378 g/mol. The van der Waals surface area contributed by atoms with Crippen molar-refractivity contribution in [3.8, 4) is 11.5 Å². The lowest BCUT2D eigenvalue weighted by Gasteiger charge is -2.06. The van der Waals surface area contributed by atoms with Crippen LogP contribution in [-0.2, 0) is 9.59 Å². The normalized spacial score (nSPS) is 11.8. The molecule has 0 saturated heterocycles. The minimum Gasteiger partial charge on any atom is -0.494 e. The highest BCUT2D eigenvalue weighted by Gasteiger charge is 2.05. The summed E-state index contributed by atoms with van der Waals surface area (Å²) in [6.07, 6.45) is 6.65. The predicted octanol–water partition coefficient (Wildman–Crippen LogP) is 5.13. The fourth-order valence-electron chi connectivity index (χ4n) is 2.49. The molecule has 2 aromatic rings. The predicted molar refractivity (Wildman–Crippen MR) is 113 cm³/mol. The van der Waals surface area contributed by atoms with E-state index in [4.69, 9.17) is 9.47 Å². The third-order valence-electron chi connectivity index (χ3n) is 3.94. The van der Waals surface area contributed by atoms with Crippen LogP contribution in [0.3, 0.4) is 0 Å². The Morgan fingerprint density at radius 1 is 0.679 bits per heavy atom. The van der Waals surface area contributed by atoms with Gasteiger partial charge < -0.3 is 9.47 Å². The number of hydrogen-bond acceptors (Lipinski definition) is 4. The highest BCUT2D eigenvalue weighted by Crippen LogP contribution is 2.20. The second kappa shape index (κ2) is 11.5. The van der Waals surface area contributed by atoms with Crippen LogP contribution in [0, 0.1) is 0 Å². The van der Waals surface area contributed by atoms with Crippen LogP contribution in [0.1, 0.15) is 37.8 Å². The molecule has 0 bridgehead atoms. The van der Waals surface area contributed by atoms with E-state index in [1.807, 2.05) is 62.4 Å². The average molecular weight is 378 g/mol. The third-order valence-corrected chi connectivity index (χ3v) is 3.94. The van der Waals surface area contributed by atoms with Gasteiger partial charge in [-0.05, 0) is 60.4 Å². The molecule has 0 N–H and O–H groups in total. The Kier molecular flexibility index (Phi) is 8.73. The number of aldehydes is 2. The van der Waals surface area contributed by atoms with E-state index in [2.05, 4.69) is 0 Å². The van der Waals surface area contributed by atoms with Gasteiger partial charge in [0.2, 0.25) is 0 Å². The quantitative estimate of drug-likeness (QED) is 0.309. The van der Waals surface area contributed by atoms with Gasteiger partial charge in [-0.1, -0.05) is 38.1 Å². The van der Waals surface area contributed by atoms with Gasteiger partial charge >= 0.3 is 0 Å². The summed E-state index contributed by atoms with van der Waals surface area (Å²) >= 11 is 0. The molecule has 4 heteroatoms. The molecule has 0 spiro atoms. The molecule has 0 atom stereocenters. The van der Waals surface area contributed by atoms with Crippen LogP contribution in [-0.4, -0.2) is 25.8 Å². The maximum atomic E-state index is 11.6. The van der Waals surface area contributed by atoms with Gasteiger partial charge in [-0.2, -0.15) is 0 Å². The highest BCUT2D eigenvalue weighted by atomic mass is 16.5. The molecule has 0 unspecified atom stereocenters. The number of hydrogen-bond donors (Lipinski definition) is 0. The fourth-order valence-corrected chi connectivity index (χ4v) is 2.49. The van der Waals surface area contributed by atoms with Gasteiger partial charge in [0.05, 0.1) is 13.2 Å². The Morgan fingerprint density at radius 3 is 1.32 bits per heavy atom. The lowest BCUT2D eigenvalue weighted by Crippen LogP contribution is -1.96. The summed E-state index contributed by atoms with van der Waals surface area (Å²) in [6.45, 7) is 5.42. The molecule has 0 aliphatic rings. The lowest BCUT2D eigenvalue weighted by atomic mass is 10.0. The number of carbonyl (C=O) groups is 2. The Hall–Kier alpha value is -3.14. The number of benzene rings is 2. The van der Waals surface area contributed by atoms with Crippen molar-refractivity contribution in [1.82, 2.24) is 0 Å². The van der Waals surface area contributed by atoms with Gasteiger partial charge in [0, 0.05) is 11.1 Å². The highest BCUT2D eigenvalue weighted by molar-refractivity contribution is 6.02. The number of carbonyl (C=O) groups excluding carboxylic acids is 2. The van der Waals surface area contributed by atoms with Crippen molar-refractivity contribution < 1.29 is 19.1 Å². The second-order valence-electron chi connectivity index (χ2n) is 6.27. The molecule has 146 valence electrons. The molecule has 4 nitrogen and oxygen atoms in total. The van der Waals surface area contributed by atoms with Crippen molar-refractivity contribution in [2.24, 2.45) is 0 Å². The van der Waals surface area contributed by atoms with E-state index in [1.54, 1.807) is 12.2 Å². The van der Waals surface area contributed by atoms with Gasteiger partial charge in [0.25, 0.3) is 0 Å². The summed E-state index contributed by atoms with van der Waals surface area (Å²) in [5.74, 6) is 1.56. The molecule has 0 amide bonds. The minimum absolute atomic E-state index is 0.323. The van der Waals surface area contributed by atoms with Crippen LogP contribution >= 0.6 is 0 Å². The zero-order chi connectivity index (χ0) is 20.2. The van der Waals surface area contributed by atoms with Crippen molar-refractivity contribution in [3.05, 3.63) is 70.8 Å². The fraction of sp³-hybridized carbons (Fsp3) is 0.250. The Labute approximate surface area is 166 Å². The number of allylic oxidation sites excluding steroid dienone is 2. The molecule has 2 aromatic carbocycles. The second-order valence-corrected chi connectivity index (χ2v) is 6.27. The number of rotatable bonds is 11. The third kappa shape index (κ3) is 6.54. The first kappa shape index (κ1) is 21.2. The lowest BCUT2D eigenvalue weighted by molar-refractivity contribution is -0.107. The Bertz CT molecular complexity index is 743. The maximum Gasteiger partial charge on any atom is 0.150 e. The molecule has 2 rings (SSSR count). The summed E-state index contributed by atoms with van der Waals surface area (Å²) in [5.41, 5.74) is 2.29. The minimum atomic E-state index is 0.323. The molecular weight excluding hydrogens is 352 g/mol. The van der Waals surface area contributed by atoms with Gasteiger partial charge in [0.1, 0.15) is 11.5 Å². The molecule has 0 aliphatic carbocycles. The Morgan fingerprint density at radius 2 is 1.04 bits per heavy atom. The SMILES string of the molecule is CCCOc1ccc(/C=C(C=O)\C(C=O)=C/c2ccc(OCCC)cc2)cc1. The van der Waals surface area contributed by atoms with E-state index >= 15 is 0 Å². The summed E-state index contributed by atoms with van der Waals surface area (Å²) in [7, 11) is 0. The topological polar surface area (TPSA) is 52.6 Å². The molecule has 0 aromatic heterocycles. The summed E-state index contributed by atoms with van der Waals surface area (Å²) < 4.78 is 11.1. The summed E-state index contributed by atoms with van der Waals surface area (Å²) in [6, 6.07) is 14.8.